The van der Waals surface area contributed by atoms with Crippen molar-refractivity contribution in [1.29, 1.82) is 0 Å². The normalized spacial score (nSPS) is 74.4. The molecular weight excluding hydrogens is 120 g/mol. The van der Waals surface area contributed by atoms with Gasteiger partial charge in [-0.3, -0.25) is 0 Å². The fraction of sp³-hybridized carbons (Fsp3) is 1.00. The highest BCUT2D eigenvalue weighted by molar-refractivity contribution is 4.92. The van der Waals surface area contributed by atoms with Crippen LogP contribution in [0.1, 0.15) is 42.6 Å². The van der Waals surface area contributed by atoms with Crippen molar-refractivity contribution in [3.8, 4) is 0 Å². The first-order valence-corrected chi connectivity index (χ1v) is 4.51. The Morgan fingerprint density at radius 1 is 0.900 bits per heavy atom. The predicted molar refractivity (Wildman–Crippen MR) is 41.7 cm³/mol. The van der Waals surface area contributed by atoms with Crippen LogP contribution in [-0.2, 0) is 0 Å². The third-order valence-corrected chi connectivity index (χ3v) is 3.38. The molecule has 0 spiro atoms. The third-order valence-electron chi connectivity index (χ3n) is 3.38. The van der Waals surface area contributed by atoms with Gasteiger partial charge in [-0.15, -0.1) is 0 Å². The van der Waals surface area contributed by atoms with Gasteiger partial charge in [0.2, 0.25) is 0 Å². The molecular formula is C10H16. The zero-order valence-corrected chi connectivity index (χ0v) is 6.27. The first kappa shape index (κ1) is 3.60. The Morgan fingerprint density at radius 2 is 1.50 bits per heavy atom. The topological polar surface area (TPSA) is 0 Å². The van der Waals surface area contributed by atoms with Crippen LogP contribution in [0.5, 0.6) is 0 Å². The van der Waals surface area contributed by atoms with E-state index in [0.717, 1.165) is 25.7 Å². The van der Waals surface area contributed by atoms with E-state index < -0.39 is 12.3 Å². The molecule has 0 aliphatic heterocycles. The van der Waals surface area contributed by atoms with Crippen LogP contribution in [-0.4, -0.2) is 0 Å². The summed E-state index contributed by atoms with van der Waals surface area (Å²) in [6.45, 7) is 0. The fourth-order valence-electron chi connectivity index (χ4n) is 3.20. The molecule has 4 aliphatic rings. The summed E-state index contributed by atoms with van der Waals surface area (Å²) in [4.78, 5) is 0. The maximum atomic E-state index is 8.24. The zero-order valence-electron chi connectivity index (χ0n) is 9.27. The summed E-state index contributed by atoms with van der Waals surface area (Å²) in [5, 5.41) is 0. The van der Waals surface area contributed by atoms with Gasteiger partial charge in [0, 0.05) is 4.11 Å². The highest BCUT2D eigenvalue weighted by Gasteiger charge is 2.41. The highest BCUT2D eigenvalue weighted by Crippen LogP contribution is 2.53. The Labute approximate surface area is 67.2 Å². The summed E-state index contributed by atoms with van der Waals surface area (Å²) in [6, 6.07) is 0. The minimum Gasteiger partial charge on any atom is -0.0475 e. The summed E-state index contributed by atoms with van der Waals surface area (Å²) in [7, 11) is 0. The monoisotopic (exact) mass is 142 g/mol. The van der Waals surface area contributed by atoms with Crippen molar-refractivity contribution in [2.24, 2.45) is 23.6 Å². The molecule has 0 heterocycles. The lowest BCUT2D eigenvalue weighted by atomic mass is 9.56. The second-order valence-electron chi connectivity index (χ2n) is 4.29. The van der Waals surface area contributed by atoms with Crippen molar-refractivity contribution in [2.45, 2.75) is 38.5 Å². The third kappa shape index (κ3) is 0.681. The summed E-state index contributed by atoms with van der Waals surface area (Å²) < 4.78 is 24.3. The van der Waals surface area contributed by atoms with E-state index in [4.69, 9.17) is 4.11 Å². The molecule has 0 saturated heterocycles. The average molecular weight is 142 g/mol. The van der Waals surface area contributed by atoms with Gasteiger partial charge < -0.3 is 0 Å². The second kappa shape index (κ2) is 1.78. The molecule has 56 valence electrons. The lowest BCUT2D eigenvalue weighted by Gasteiger charge is -2.49. The lowest BCUT2D eigenvalue weighted by Crippen LogP contribution is -2.38. The van der Waals surface area contributed by atoms with Gasteiger partial charge in [0.25, 0.3) is 0 Å². The van der Waals surface area contributed by atoms with E-state index in [2.05, 4.69) is 0 Å². The zero-order chi connectivity index (χ0) is 9.27. The Balaban J connectivity index is 2.03. The molecule has 0 aromatic rings. The van der Waals surface area contributed by atoms with Gasteiger partial charge in [0.1, 0.15) is 0 Å². The van der Waals surface area contributed by atoms with E-state index in [-0.39, 0.29) is 5.92 Å². The summed E-state index contributed by atoms with van der Waals surface area (Å²) in [6.07, 6.45) is 3.86. The summed E-state index contributed by atoms with van der Waals surface area (Å²) in [5.74, 6) is 0.843. The molecule has 0 N–H and O–H groups in total. The van der Waals surface area contributed by atoms with Crippen molar-refractivity contribution < 1.29 is 4.11 Å². The van der Waals surface area contributed by atoms with Crippen LogP contribution in [0.3, 0.4) is 0 Å². The van der Waals surface area contributed by atoms with E-state index in [9.17, 15) is 0 Å². The SMILES string of the molecule is [3H]C12CC3CC(CC(C3)C1([3H])[3H])C2. The summed E-state index contributed by atoms with van der Waals surface area (Å²) in [5.41, 5.74) is 0. The Bertz CT molecular complexity index is 235. The molecule has 10 heavy (non-hydrogen) atoms. The van der Waals surface area contributed by atoms with Crippen molar-refractivity contribution in [3.63, 3.8) is 0 Å². The molecule has 0 amide bonds. The highest BCUT2D eigenvalue weighted by atomic mass is 14.5. The minimum atomic E-state index is -1.19. The first-order chi connectivity index (χ1) is 6.01. The molecule has 0 nitrogen and oxygen atoms in total. The van der Waals surface area contributed by atoms with Crippen LogP contribution in [0.4, 0.5) is 0 Å². The van der Waals surface area contributed by atoms with Gasteiger partial charge >= 0.3 is 0 Å². The van der Waals surface area contributed by atoms with Crippen molar-refractivity contribution >= 4 is 0 Å². The van der Waals surface area contributed by atoms with Gasteiger partial charge in [0.05, 0.1) is 0 Å². The first-order valence-electron chi connectivity index (χ1n) is 6.01. The molecule has 4 saturated carbocycles. The van der Waals surface area contributed by atoms with Crippen LogP contribution in [0.15, 0.2) is 0 Å². The van der Waals surface area contributed by atoms with Crippen LogP contribution in [0.2, 0.25) is 0 Å². The Hall–Kier alpha value is 0. The Kier molecular flexibility index (Phi) is 0.640. The van der Waals surface area contributed by atoms with Crippen molar-refractivity contribution in [3.05, 3.63) is 0 Å². The molecule has 2 atom stereocenters. The largest absolute Gasteiger partial charge is 0.0475 e. The maximum Gasteiger partial charge on any atom is 0.0303 e. The van der Waals surface area contributed by atoms with Gasteiger partial charge in [-0.1, -0.05) is 0 Å². The van der Waals surface area contributed by atoms with Gasteiger partial charge in [-0.05, 0) is 62.1 Å². The number of hydrogen-bond acceptors (Lipinski definition) is 0. The molecule has 4 fully saturated rings. The lowest BCUT2D eigenvalue weighted by molar-refractivity contribution is 0.0198. The smallest absolute Gasteiger partial charge is 0.0303 e. The predicted octanol–water partition coefficient (Wildman–Crippen LogP) is 2.83. The molecule has 4 aliphatic carbocycles. The molecule has 0 aromatic heterocycles. The van der Waals surface area contributed by atoms with E-state index in [1.165, 1.54) is 6.42 Å². The minimum absolute atomic E-state index is 0.205. The van der Waals surface area contributed by atoms with E-state index in [0.29, 0.717) is 11.8 Å². The average Bonchev–Trinajstić information content (AvgIpc) is 1.99. The quantitative estimate of drug-likeness (QED) is 0.488. The van der Waals surface area contributed by atoms with Gasteiger partial charge in [-0.25, -0.2) is 0 Å². The van der Waals surface area contributed by atoms with Gasteiger partial charge in [-0.2, -0.15) is 0 Å². The van der Waals surface area contributed by atoms with Gasteiger partial charge in [0.15, 0.2) is 0 Å². The molecule has 4 rings (SSSR count). The number of hydrogen-bond donors (Lipinski definition) is 0. The van der Waals surface area contributed by atoms with Crippen molar-refractivity contribution in [1.82, 2.24) is 0 Å². The van der Waals surface area contributed by atoms with E-state index in [1.807, 2.05) is 0 Å². The second-order valence-corrected chi connectivity index (χ2v) is 4.29. The van der Waals surface area contributed by atoms with Crippen LogP contribution in [0, 0.1) is 23.6 Å². The van der Waals surface area contributed by atoms with Crippen LogP contribution in [0.25, 0.3) is 0 Å². The number of rotatable bonds is 0. The molecule has 2 unspecified atom stereocenters. The standard InChI is InChI=1S/C10H16/c1-7-2-9-4-8(1)5-10(3-7)6-9/h7-10H,1-6H2/i1T2,7T. The molecule has 0 aromatic carbocycles. The fourth-order valence-corrected chi connectivity index (χ4v) is 3.20. The summed E-state index contributed by atoms with van der Waals surface area (Å²) >= 11 is 0. The molecule has 0 radical (unpaired) electrons. The Morgan fingerprint density at radius 3 is 2.10 bits per heavy atom. The van der Waals surface area contributed by atoms with E-state index >= 15 is 0 Å². The maximum absolute atomic E-state index is 8.24. The molecule has 4 bridgehead atoms. The van der Waals surface area contributed by atoms with Crippen LogP contribution >= 0.6 is 0 Å². The van der Waals surface area contributed by atoms with E-state index in [1.54, 1.807) is 0 Å². The van der Waals surface area contributed by atoms with Crippen molar-refractivity contribution in [2.75, 3.05) is 0 Å². The van der Waals surface area contributed by atoms with Crippen LogP contribution < -0.4 is 0 Å². The molecule has 0 heteroatoms.